The van der Waals surface area contributed by atoms with Gasteiger partial charge < -0.3 is 14.4 Å². The third-order valence-electron chi connectivity index (χ3n) is 7.15. The number of carbonyl (C=O) groups is 1. The van der Waals surface area contributed by atoms with Gasteiger partial charge in [0.15, 0.2) is 6.23 Å². The second kappa shape index (κ2) is 11.5. The Balaban J connectivity index is 1.21. The molecular formula is C27H36BrClN6O3. The van der Waals surface area contributed by atoms with Gasteiger partial charge in [-0.1, -0.05) is 16.8 Å². The highest BCUT2D eigenvalue weighted by molar-refractivity contribution is 9.10. The summed E-state index contributed by atoms with van der Waals surface area (Å²) in [4.78, 5) is 14.3. The van der Waals surface area contributed by atoms with E-state index in [2.05, 4.69) is 31.3 Å². The number of likely N-dealkylation sites (tertiary alicyclic amines) is 1. The lowest BCUT2D eigenvalue weighted by molar-refractivity contribution is -0.0366. The van der Waals surface area contributed by atoms with Crippen LogP contribution in [0.15, 0.2) is 22.9 Å². The van der Waals surface area contributed by atoms with Gasteiger partial charge in [0.1, 0.15) is 5.60 Å². The minimum atomic E-state index is -0.489. The number of rotatable bonds is 6. The lowest BCUT2D eigenvalue weighted by Gasteiger charge is -2.34. The minimum absolute atomic E-state index is 0.0366. The van der Waals surface area contributed by atoms with Crippen LogP contribution in [0.2, 0.25) is 5.02 Å². The number of nitrogens with zero attached hydrogens (tertiary/aromatic N) is 6. The zero-order valence-electron chi connectivity index (χ0n) is 22.3. The zero-order chi connectivity index (χ0) is 26.9. The van der Waals surface area contributed by atoms with Crippen molar-refractivity contribution in [1.82, 2.24) is 29.7 Å². The molecule has 0 bridgehead atoms. The fourth-order valence-electron chi connectivity index (χ4n) is 5.30. The molecule has 0 N–H and O–H groups in total. The lowest BCUT2D eigenvalue weighted by Crippen LogP contribution is -2.43. The van der Waals surface area contributed by atoms with Gasteiger partial charge in [-0.2, -0.15) is 5.10 Å². The van der Waals surface area contributed by atoms with E-state index in [1.165, 1.54) is 0 Å². The van der Waals surface area contributed by atoms with Crippen molar-refractivity contribution < 1.29 is 14.3 Å². The standard InChI is InChI=1S/C27H36BrClN6O3/c1-27(2,3)38-26(36)33-11-6-7-18(15-33)16-34-17-19(31-32-34)9-10-20-22(29)13-23-21(25(20)28)14-30-35(23)24-8-4-5-12-37-24/h13-14,17-18,24H,4-12,15-16H2,1-3H3/t18-,24?/m1/s1. The molecule has 1 unspecified atom stereocenters. The van der Waals surface area contributed by atoms with Gasteiger partial charge in [0.05, 0.1) is 17.4 Å². The summed E-state index contributed by atoms with van der Waals surface area (Å²) < 4.78 is 16.3. The van der Waals surface area contributed by atoms with Crippen LogP contribution in [0.4, 0.5) is 4.79 Å². The van der Waals surface area contributed by atoms with Crippen molar-refractivity contribution in [1.29, 1.82) is 0 Å². The van der Waals surface area contributed by atoms with Gasteiger partial charge in [0.2, 0.25) is 0 Å². The van der Waals surface area contributed by atoms with Crippen molar-refractivity contribution in [2.24, 2.45) is 5.92 Å². The molecule has 3 aromatic rings. The van der Waals surface area contributed by atoms with Crippen LogP contribution in [0, 0.1) is 5.92 Å². The smallest absolute Gasteiger partial charge is 0.410 e. The number of benzene rings is 1. The van der Waals surface area contributed by atoms with Crippen molar-refractivity contribution in [3.05, 3.63) is 39.2 Å². The molecule has 0 saturated carbocycles. The normalized spacial score (nSPS) is 20.7. The molecule has 4 heterocycles. The lowest BCUT2D eigenvalue weighted by atomic mass is 9.98. The first-order valence-electron chi connectivity index (χ1n) is 13.5. The van der Waals surface area contributed by atoms with Crippen molar-refractivity contribution in [2.45, 2.75) is 84.1 Å². The summed E-state index contributed by atoms with van der Waals surface area (Å²) in [6.07, 6.45) is 10.3. The third kappa shape index (κ3) is 6.34. The summed E-state index contributed by atoms with van der Waals surface area (Å²) in [5.41, 5.74) is 2.45. The van der Waals surface area contributed by atoms with Gasteiger partial charge in [-0.25, -0.2) is 9.48 Å². The Bertz CT molecular complexity index is 1280. The molecule has 2 aliphatic rings. The van der Waals surface area contributed by atoms with Gasteiger partial charge >= 0.3 is 6.09 Å². The Labute approximate surface area is 236 Å². The number of piperidine rings is 1. The molecule has 0 aliphatic carbocycles. The predicted molar refractivity (Wildman–Crippen MR) is 149 cm³/mol. The van der Waals surface area contributed by atoms with Gasteiger partial charge in [0, 0.05) is 47.3 Å². The van der Waals surface area contributed by atoms with E-state index in [0.29, 0.717) is 17.5 Å². The number of carbonyl (C=O) groups excluding carboxylic acids is 1. The summed E-state index contributed by atoms with van der Waals surface area (Å²) in [6, 6.07) is 2.00. The largest absolute Gasteiger partial charge is 0.444 e. The highest BCUT2D eigenvalue weighted by Gasteiger charge is 2.28. The van der Waals surface area contributed by atoms with E-state index in [4.69, 9.17) is 21.1 Å². The molecule has 38 heavy (non-hydrogen) atoms. The zero-order valence-corrected chi connectivity index (χ0v) is 24.7. The summed E-state index contributed by atoms with van der Waals surface area (Å²) in [5.74, 6) is 0.321. The van der Waals surface area contributed by atoms with Crippen LogP contribution in [0.1, 0.15) is 70.4 Å². The molecule has 2 atom stereocenters. The van der Waals surface area contributed by atoms with Gasteiger partial charge in [-0.3, -0.25) is 4.68 Å². The van der Waals surface area contributed by atoms with E-state index in [1.807, 2.05) is 53.5 Å². The highest BCUT2D eigenvalue weighted by atomic mass is 79.9. The molecule has 9 nitrogen and oxygen atoms in total. The van der Waals surface area contributed by atoms with Crippen LogP contribution < -0.4 is 0 Å². The Morgan fingerprint density at radius 2 is 2.08 bits per heavy atom. The Morgan fingerprint density at radius 1 is 1.24 bits per heavy atom. The molecule has 0 spiro atoms. The molecule has 2 saturated heterocycles. The van der Waals surface area contributed by atoms with E-state index in [1.54, 1.807) is 0 Å². The van der Waals surface area contributed by atoms with Crippen LogP contribution in [0.5, 0.6) is 0 Å². The molecular weight excluding hydrogens is 572 g/mol. The number of ether oxygens (including phenoxy) is 2. The fourth-order valence-corrected chi connectivity index (χ4v) is 6.42. The van der Waals surface area contributed by atoms with Crippen molar-refractivity contribution in [3.8, 4) is 0 Å². The molecule has 5 rings (SSSR count). The van der Waals surface area contributed by atoms with E-state index in [-0.39, 0.29) is 12.3 Å². The van der Waals surface area contributed by atoms with Crippen LogP contribution >= 0.6 is 27.5 Å². The Morgan fingerprint density at radius 3 is 2.84 bits per heavy atom. The average molecular weight is 608 g/mol. The summed E-state index contributed by atoms with van der Waals surface area (Å²) >= 11 is 10.5. The molecule has 206 valence electrons. The van der Waals surface area contributed by atoms with E-state index >= 15 is 0 Å². The van der Waals surface area contributed by atoms with Crippen LogP contribution in [0.25, 0.3) is 10.9 Å². The summed E-state index contributed by atoms with van der Waals surface area (Å²) in [7, 11) is 0. The number of aromatic nitrogens is 5. The maximum atomic E-state index is 12.5. The number of amides is 1. The van der Waals surface area contributed by atoms with Crippen LogP contribution in [0.3, 0.4) is 0 Å². The first-order chi connectivity index (χ1) is 18.2. The minimum Gasteiger partial charge on any atom is -0.444 e. The maximum absolute atomic E-state index is 12.5. The number of hydrogen-bond acceptors (Lipinski definition) is 6. The van der Waals surface area contributed by atoms with Gasteiger partial charge in [0.25, 0.3) is 0 Å². The monoisotopic (exact) mass is 606 g/mol. The first kappa shape index (κ1) is 27.4. The van der Waals surface area contributed by atoms with Gasteiger partial charge in [-0.05, 0) is 99.2 Å². The second-order valence-electron chi connectivity index (χ2n) is 11.4. The summed E-state index contributed by atoms with van der Waals surface area (Å²) in [5, 5.41) is 15.1. The number of fused-ring (bicyclic) bond motifs is 1. The Kier molecular flexibility index (Phi) is 8.30. The molecule has 11 heteroatoms. The molecule has 2 fully saturated rings. The fraction of sp³-hybridized carbons (Fsp3) is 0.630. The van der Waals surface area contributed by atoms with E-state index < -0.39 is 5.60 Å². The van der Waals surface area contributed by atoms with E-state index in [0.717, 1.165) is 91.3 Å². The van der Waals surface area contributed by atoms with E-state index in [9.17, 15) is 4.79 Å². The molecule has 1 amide bonds. The number of hydrogen-bond donors (Lipinski definition) is 0. The SMILES string of the molecule is CC(C)(C)OC(=O)N1CCC[C@@H](Cn2cc(CCc3c(Cl)cc4c(cnn4C4CCCCO4)c3Br)nn2)C1. The predicted octanol–water partition coefficient (Wildman–Crippen LogP) is 6.18. The molecule has 2 aliphatic heterocycles. The first-order valence-corrected chi connectivity index (χ1v) is 14.7. The molecule has 0 radical (unpaired) electrons. The summed E-state index contributed by atoms with van der Waals surface area (Å²) in [6.45, 7) is 8.59. The van der Waals surface area contributed by atoms with Crippen molar-refractivity contribution in [3.63, 3.8) is 0 Å². The maximum Gasteiger partial charge on any atom is 0.410 e. The average Bonchev–Trinajstić information content (AvgIpc) is 3.50. The Hall–Kier alpha value is -2.17. The third-order valence-corrected chi connectivity index (χ3v) is 8.39. The second-order valence-corrected chi connectivity index (χ2v) is 12.6. The van der Waals surface area contributed by atoms with Crippen LogP contribution in [-0.4, -0.2) is 61.1 Å². The molecule has 2 aromatic heterocycles. The van der Waals surface area contributed by atoms with Gasteiger partial charge in [-0.15, -0.1) is 5.10 Å². The number of aryl methyl sites for hydroxylation is 1. The number of halogens is 2. The van der Waals surface area contributed by atoms with Crippen LogP contribution in [-0.2, 0) is 28.9 Å². The highest BCUT2D eigenvalue weighted by Crippen LogP contribution is 2.36. The van der Waals surface area contributed by atoms with Crippen molar-refractivity contribution >= 4 is 44.5 Å². The topological polar surface area (TPSA) is 87.3 Å². The quantitative estimate of drug-likeness (QED) is 0.333. The molecule has 1 aromatic carbocycles. The van der Waals surface area contributed by atoms with Crippen molar-refractivity contribution in [2.75, 3.05) is 19.7 Å².